The number of alkyl halides is 1. The van der Waals surface area contributed by atoms with Crippen molar-refractivity contribution < 1.29 is 18.4 Å². The van der Waals surface area contributed by atoms with Gasteiger partial charge in [-0.15, -0.1) is 0 Å². The molecule has 1 saturated heterocycles. The van der Waals surface area contributed by atoms with Crippen LogP contribution in [0, 0.1) is 13.8 Å². The fraction of sp³-hybridized carbons (Fsp3) is 0.474. The van der Waals surface area contributed by atoms with Crippen LogP contribution in [0.3, 0.4) is 0 Å². The van der Waals surface area contributed by atoms with Crippen LogP contribution < -0.4 is 15.4 Å². The summed E-state index contributed by atoms with van der Waals surface area (Å²) in [5, 5.41) is 9.96. The van der Waals surface area contributed by atoms with Gasteiger partial charge in [0.15, 0.2) is 5.67 Å². The van der Waals surface area contributed by atoms with Crippen molar-refractivity contribution in [1.82, 2.24) is 10.5 Å². The van der Waals surface area contributed by atoms with Gasteiger partial charge in [0.25, 0.3) is 5.91 Å². The molecular weight excluding hydrogens is 337 g/mol. The zero-order valence-corrected chi connectivity index (χ0v) is 14.9. The van der Waals surface area contributed by atoms with Gasteiger partial charge in [-0.2, -0.15) is 0 Å². The zero-order valence-electron chi connectivity index (χ0n) is 14.9. The number of anilines is 1. The van der Waals surface area contributed by atoms with Crippen LogP contribution in [-0.4, -0.2) is 35.9 Å². The molecule has 1 atom stereocenters. The lowest BCUT2D eigenvalue weighted by Crippen LogP contribution is -2.25. The Bertz CT molecular complexity index is 819. The van der Waals surface area contributed by atoms with E-state index < -0.39 is 11.6 Å². The van der Waals surface area contributed by atoms with Crippen LogP contribution in [0.1, 0.15) is 30.7 Å². The lowest BCUT2D eigenvalue weighted by atomic mass is 10.0. The fourth-order valence-electron chi connectivity index (χ4n) is 3.26. The van der Waals surface area contributed by atoms with Gasteiger partial charge in [-0.25, -0.2) is 4.39 Å². The van der Waals surface area contributed by atoms with Crippen molar-refractivity contribution in [2.24, 2.45) is 0 Å². The SMILES string of the molecule is Cc1noc(C)c1-c1cc(NC(=O)C2(F)CC2)ccc1O[C@@H]1CCNC1. The number of carbonyl (C=O) groups excluding carboxylic acids is 1. The molecule has 138 valence electrons. The third-order valence-corrected chi connectivity index (χ3v) is 4.94. The van der Waals surface area contributed by atoms with E-state index in [1.807, 2.05) is 19.9 Å². The minimum Gasteiger partial charge on any atom is -0.488 e. The number of rotatable bonds is 5. The number of nitrogens with one attached hydrogen (secondary N) is 2. The summed E-state index contributed by atoms with van der Waals surface area (Å²) in [6.07, 6.45) is 1.59. The molecule has 1 aromatic carbocycles. The van der Waals surface area contributed by atoms with Gasteiger partial charge < -0.3 is 19.9 Å². The van der Waals surface area contributed by atoms with E-state index in [0.29, 0.717) is 17.2 Å². The highest BCUT2D eigenvalue weighted by atomic mass is 19.1. The topological polar surface area (TPSA) is 76.4 Å². The molecule has 0 bridgehead atoms. The number of halogens is 1. The standard InChI is InChI=1S/C19H22FN3O3/c1-11-17(12(2)26-23-11)15-9-13(22-18(24)19(20)6-7-19)3-4-16(15)25-14-5-8-21-10-14/h3-4,9,14,21H,5-8,10H2,1-2H3,(H,22,24)/t14-/m1/s1. The Morgan fingerprint density at radius 2 is 2.23 bits per heavy atom. The molecule has 4 rings (SSSR count). The van der Waals surface area contributed by atoms with Gasteiger partial charge in [0.2, 0.25) is 0 Å². The predicted octanol–water partition coefficient (Wildman–Crippen LogP) is 3.14. The van der Waals surface area contributed by atoms with Crippen molar-refractivity contribution in [3.05, 3.63) is 29.7 Å². The highest BCUT2D eigenvalue weighted by Crippen LogP contribution is 2.42. The number of nitrogens with zero attached hydrogens (tertiary/aromatic N) is 1. The number of hydrogen-bond acceptors (Lipinski definition) is 5. The molecular formula is C19H22FN3O3. The summed E-state index contributed by atoms with van der Waals surface area (Å²) in [6, 6.07) is 5.35. The first kappa shape index (κ1) is 17.0. The van der Waals surface area contributed by atoms with Gasteiger partial charge in [-0.3, -0.25) is 4.79 Å². The van der Waals surface area contributed by atoms with Crippen LogP contribution in [0.2, 0.25) is 0 Å². The Kier molecular flexibility index (Phi) is 4.19. The highest BCUT2D eigenvalue weighted by Gasteiger charge is 2.50. The van der Waals surface area contributed by atoms with Crippen molar-refractivity contribution in [3.8, 4) is 16.9 Å². The summed E-state index contributed by atoms with van der Waals surface area (Å²) in [5.74, 6) is 0.785. The molecule has 6 nitrogen and oxygen atoms in total. The van der Waals surface area contributed by atoms with Crippen LogP contribution >= 0.6 is 0 Å². The molecule has 0 spiro atoms. The van der Waals surface area contributed by atoms with E-state index in [4.69, 9.17) is 9.26 Å². The molecule has 2 heterocycles. The molecule has 0 radical (unpaired) electrons. The second-order valence-electron chi connectivity index (χ2n) is 7.06. The Morgan fingerprint density at radius 3 is 2.85 bits per heavy atom. The Hall–Kier alpha value is -2.41. The number of aryl methyl sites for hydroxylation is 2. The minimum atomic E-state index is -1.71. The fourth-order valence-corrected chi connectivity index (χ4v) is 3.26. The maximum Gasteiger partial charge on any atom is 0.262 e. The van der Waals surface area contributed by atoms with Gasteiger partial charge in [-0.05, 0) is 57.9 Å². The zero-order chi connectivity index (χ0) is 18.3. The van der Waals surface area contributed by atoms with Gasteiger partial charge >= 0.3 is 0 Å². The average molecular weight is 359 g/mol. The molecule has 2 aromatic rings. The molecule has 26 heavy (non-hydrogen) atoms. The van der Waals surface area contributed by atoms with Gasteiger partial charge in [0.1, 0.15) is 17.6 Å². The lowest BCUT2D eigenvalue weighted by molar-refractivity contribution is -0.122. The number of aromatic nitrogens is 1. The maximum absolute atomic E-state index is 14.0. The van der Waals surface area contributed by atoms with Crippen LogP contribution in [0.25, 0.3) is 11.1 Å². The molecule has 2 aliphatic rings. The Morgan fingerprint density at radius 1 is 1.42 bits per heavy atom. The van der Waals surface area contributed by atoms with Crippen molar-refractivity contribution in [2.45, 2.75) is 44.9 Å². The summed E-state index contributed by atoms with van der Waals surface area (Å²) < 4.78 is 25.4. The third kappa shape index (κ3) is 3.19. The first-order chi connectivity index (χ1) is 12.5. The number of amides is 1. The second-order valence-corrected chi connectivity index (χ2v) is 7.06. The van der Waals surface area contributed by atoms with Crippen molar-refractivity contribution in [2.75, 3.05) is 18.4 Å². The van der Waals surface area contributed by atoms with Gasteiger partial charge in [-0.1, -0.05) is 5.16 Å². The van der Waals surface area contributed by atoms with Gasteiger partial charge in [0, 0.05) is 17.8 Å². The van der Waals surface area contributed by atoms with E-state index in [0.717, 1.165) is 36.3 Å². The van der Waals surface area contributed by atoms with Gasteiger partial charge in [0.05, 0.1) is 11.3 Å². The van der Waals surface area contributed by atoms with E-state index in [9.17, 15) is 9.18 Å². The summed E-state index contributed by atoms with van der Waals surface area (Å²) in [5.41, 5.74) is 1.18. The monoisotopic (exact) mass is 359 g/mol. The summed E-state index contributed by atoms with van der Waals surface area (Å²) in [6.45, 7) is 5.42. The minimum absolute atomic E-state index is 0.0928. The number of hydrogen-bond donors (Lipinski definition) is 2. The van der Waals surface area contributed by atoms with Crippen LogP contribution in [0.15, 0.2) is 22.7 Å². The molecule has 1 aromatic heterocycles. The summed E-state index contributed by atoms with van der Waals surface area (Å²) >= 11 is 0. The first-order valence-corrected chi connectivity index (χ1v) is 8.91. The van der Waals surface area contributed by atoms with E-state index in [-0.39, 0.29) is 18.9 Å². The van der Waals surface area contributed by atoms with Crippen molar-refractivity contribution >= 4 is 11.6 Å². The normalized spacial score (nSPS) is 20.8. The van der Waals surface area contributed by atoms with Crippen LogP contribution in [0.4, 0.5) is 10.1 Å². The van der Waals surface area contributed by atoms with Crippen LogP contribution in [0.5, 0.6) is 5.75 Å². The lowest BCUT2D eigenvalue weighted by Gasteiger charge is -2.18. The summed E-state index contributed by atoms with van der Waals surface area (Å²) in [7, 11) is 0. The van der Waals surface area contributed by atoms with E-state index >= 15 is 0 Å². The Labute approximate surface area is 151 Å². The quantitative estimate of drug-likeness (QED) is 0.858. The van der Waals surface area contributed by atoms with E-state index in [1.54, 1.807) is 12.1 Å². The smallest absolute Gasteiger partial charge is 0.262 e. The van der Waals surface area contributed by atoms with Crippen molar-refractivity contribution in [1.29, 1.82) is 0 Å². The molecule has 1 saturated carbocycles. The number of carbonyl (C=O) groups is 1. The molecule has 1 amide bonds. The first-order valence-electron chi connectivity index (χ1n) is 8.91. The molecule has 2 fully saturated rings. The largest absolute Gasteiger partial charge is 0.488 e. The summed E-state index contributed by atoms with van der Waals surface area (Å²) in [4.78, 5) is 12.0. The molecule has 0 unspecified atom stereocenters. The highest BCUT2D eigenvalue weighted by molar-refractivity contribution is 6.00. The third-order valence-electron chi connectivity index (χ3n) is 4.94. The Balaban J connectivity index is 1.68. The molecule has 2 N–H and O–H groups in total. The maximum atomic E-state index is 14.0. The molecule has 1 aliphatic carbocycles. The molecule has 1 aliphatic heterocycles. The predicted molar refractivity (Wildman–Crippen MR) is 95.0 cm³/mol. The number of benzene rings is 1. The average Bonchev–Trinajstić information content (AvgIpc) is 3.02. The van der Waals surface area contributed by atoms with Crippen molar-refractivity contribution in [3.63, 3.8) is 0 Å². The molecule has 7 heteroatoms. The number of ether oxygens (including phenoxy) is 1. The van der Waals surface area contributed by atoms with Crippen LogP contribution in [-0.2, 0) is 4.79 Å². The second kappa shape index (κ2) is 6.39. The van der Waals surface area contributed by atoms with E-state index in [2.05, 4.69) is 15.8 Å². The van der Waals surface area contributed by atoms with E-state index in [1.165, 1.54) is 0 Å².